The van der Waals surface area contributed by atoms with Crippen LogP contribution in [0.4, 0.5) is 5.69 Å². The number of hydrogen-bond acceptors (Lipinski definition) is 3. The molecule has 1 aromatic carbocycles. The summed E-state index contributed by atoms with van der Waals surface area (Å²) in [6.07, 6.45) is 0.688. The summed E-state index contributed by atoms with van der Waals surface area (Å²) < 4.78 is 4.80. The van der Waals surface area contributed by atoms with Crippen LogP contribution in [0.2, 0.25) is 0 Å². The van der Waals surface area contributed by atoms with Crippen LogP contribution in [-0.2, 0) is 16.0 Å². The summed E-state index contributed by atoms with van der Waals surface area (Å²) in [6, 6.07) is 8.23. The van der Waals surface area contributed by atoms with Gasteiger partial charge in [-0.05, 0) is 38.0 Å². The Morgan fingerprint density at radius 2 is 1.76 bits per heavy atom. The number of carbonyl (C=O) groups is 1. The molecule has 0 N–H and O–H groups in total. The van der Waals surface area contributed by atoms with E-state index in [9.17, 15) is 4.79 Å². The van der Waals surface area contributed by atoms with Gasteiger partial charge in [0.25, 0.3) is 0 Å². The third kappa shape index (κ3) is 3.48. The van der Waals surface area contributed by atoms with Gasteiger partial charge in [-0.2, -0.15) is 0 Å². The van der Waals surface area contributed by atoms with Crippen molar-refractivity contribution in [3.63, 3.8) is 0 Å². The average Bonchev–Trinajstić information content (AvgIpc) is 2.28. The van der Waals surface area contributed by atoms with Gasteiger partial charge >= 0.3 is 5.97 Å². The van der Waals surface area contributed by atoms with Crippen molar-refractivity contribution in [2.45, 2.75) is 20.3 Å². The maximum Gasteiger partial charge on any atom is 0.311 e. The molecule has 0 aliphatic rings. The van der Waals surface area contributed by atoms with E-state index in [4.69, 9.17) is 4.74 Å². The summed E-state index contributed by atoms with van der Waals surface area (Å²) in [6.45, 7) is 3.80. The summed E-state index contributed by atoms with van der Waals surface area (Å²) in [7, 11) is 5.44. The van der Waals surface area contributed by atoms with E-state index in [2.05, 4.69) is 29.2 Å². The van der Waals surface area contributed by atoms with Crippen LogP contribution in [-0.4, -0.2) is 27.2 Å². The van der Waals surface area contributed by atoms with Gasteiger partial charge in [0.05, 0.1) is 12.5 Å². The molecule has 0 fully saturated rings. The van der Waals surface area contributed by atoms with Crippen LogP contribution >= 0.6 is 0 Å². The molecule has 1 rings (SSSR count). The van der Waals surface area contributed by atoms with E-state index in [1.165, 1.54) is 7.11 Å². The maximum absolute atomic E-state index is 11.6. The fourth-order valence-electron chi connectivity index (χ4n) is 1.77. The average molecular weight is 235 g/mol. The first-order chi connectivity index (χ1) is 7.86. The molecule has 0 amide bonds. The van der Waals surface area contributed by atoms with Gasteiger partial charge in [-0.15, -0.1) is 0 Å². The third-order valence-electron chi connectivity index (χ3n) is 2.84. The molecule has 0 saturated heterocycles. The summed E-state index contributed by atoms with van der Waals surface area (Å²) in [5.41, 5.74) is 1.82. The molecule has 0 heterocycles. The zero-order chi connectivity index (χ0) is 13.1. The minimum Gasteiger partial charge on any atom is -0.469 e. The van der Waals surface area contributed by atoms with Gasteiger partial charge in [-0.25, -0.2) is 0 Å². The Bertz CT molecular complexity index is 380. The number of ether oxygens (including phenoxy) is 1. The Labute approximate surface area is 103 Å². The molecule has 0 unspecified atom stereocenters. The zero-order valence-corrected chi connectivity index (χ0v) is 11.3. The first kappa shape index (κ1) is 13.6. The highest BCUT2D eigenvalue weighted by atomic mass is 16.5. The summed E-state index contributed by atoms with van der Waals surface area (Å²) >= 11 is 0. The summed E-state index contributed by atoms with van der Waals surface area (Å²) in [5, 5.41) is 0. The Morgan fingerprint density at radius 3 is 2.18 bits per heavy atom. The van der Waals surface area contributed by atoms with Crippen molar-refractivity contribution < 1.29 is 9.53 Å². The second kappa shape index (κ2) is 5.21. The van der Waals surface area contributed by atoms with E-state index in [1.54, 1.807) is 0 Å². The van der Waals surface area contributed by atoms with Crippen molar-refractivity contribution in [1.29, 1.82) is 0 Å². The second-order valence-electron chi connectivity index (χ2n) is 5.11. The smallest absolute Gasteiger partial charge is 0.311 e. The highest BCUT2D eigenvalue weighted by Gasteiger charge is 2.28. The van der Waals surface area contributed by atoms with Gasteiger partial charge in [0.15, 0.2) is 0 Å². The van der Waals surface area contributed by atoms with Crippen molar-refractivity contribution in [2.75, 3.05) is 26.1 Å². The molecule has 3 heteroatoms. The second-order valence-corrected chi connectivity index (χ2v) is 5.11. The Hall–Kier alpha value is -1.51. The van der Waals surface area contributed by atoms with Gasteiger partial charge in [-0.3, -0.25) is 4.79 Å². The van der Waals surface area contributed by atoms with Crippen molar-refractivity contribution in [2.24, 2.45) is 5.41 Å². The van der Waals surface area contributed by atoms with E-state index >= 15 is 0 Å². The quantitative estimate of drug-likeness (QED) is 0.751. The lowest BCUT2D eigenvalue weighted by Crippen LogP contribution is -2.27. The first-order valence-corrected chi connectivity index (χ1v) is 5.71. The fourth-order valence-corrected chi connectivity index (χ4v) is 1.77. The van der Waals surface area contributed by atoms with Gasteiger partial charge in [-0.1, -0.05) is 12.1 Å². The number of benzene rings is 1. The molecule has 94 valence electrons. The van der Waals surface area contributed by atoms with Crippen molar-refractivity contribution in [3.05, 3.63) is 29.8 Å². The molecular weight excluding hydrogens is 214 g/mol. The molecule has 1 aromatic rings. The SMILES string of the molecule is COC(=O)C(C)(C)Cc1ccc(N(C)C)cc1. The molecule has 0 radical (unpaired) electrons. The summed E-state index contributed by atoms with van der Waals surface area (Å²) in [5.74, 6) is -0.172. The monoisotopic (exact) mass is 235 g/mol. The molecule has 0 saturated carbocycles. The number of hydrogen-bond donors (Lipinski definition) is 0. The van der Waals surface area contributed by atoms with E-state index < -0.39 is 5.41 Å². The third-order valence-corrected chi connectivity index (χ3v) is 2.84. The van der Waals surface area contributed by atoms with Gasteiger partial charge in [0.2, 0.25) is 0 Å². The number of anilines is 1. The van der Waals surface area contributed by atoms with Crippen LogP contribution in [0.3, 0.4) is 0 Å². The van der Waals surface area contributed by atoms with Crippen LogP contribution in [0.1, 0.15) is 19.4 Å². The van der Waals surface area contributed by atoms with E-state index in [1.807, 2.05) is 27.9 Å². The summed E-state index contributed by atoms with van der Waals surface area (Å²) in [4.78, 5) is 13.6. The van der Waals surface area contributed by atoms with E-state index in [0.717, 1.165) is 11.3 Å². The molecule has 17 heavy (non-hydrogen) atoms. The van der Waals surface area contributed by atoms with Crippen molar-refractivity contribution in [1.82, 2.24) is 0 Å². The predicted molar refractivity (Wildman–Crippen MR) is 70.3 cm³/mol. The molecule has 0 spiro atoms. The zero-order valence-electron chi connectivity index (χ0n) is 11.3. The molecular formula is C14H21NO2. The Morgan fingerprint density at radius 1 is 1.24 bits per heavy atom. The van der Waals surface area contributed by atoms with Crippen LogP contribution in [0.15, 0.2) is 24.3 Å². The Balaban J connectivity index is 2.79. The topological polar surface area (TPSA) is 29.5 Å². The lowest BCUT2D eigenvalue weighted by atomic mass is 9.86. The van der Waals surface area contributed by atoms with Gasteiger partial charge in [0.1, 0.15) is 0 Å². The molecule has 3 nitrogen and oxygen atoms in total. The van der Waals surface area contributed by atoms with Gasteiger partial charge in [0, 0.05) is 19.8 Å². The van der Waals surface area contributed by atoms with Crippen molar-refractivity contribution >= 4 is 11.7 Å². The lowest BCUT2D eigenvalue weighted by Gasteiger charge is -2.21. The number of esters is 1. The molecule has 0 bridgehead atoms. The van der Waals surface area contributed by atoms with Gasteiger partial charge < -0.3 is 9.64 Å². The highest BCUT2D eigenvalue weighted by molar-refractivity contribution is 5.76. The standard InChI is InChI=1S/C14H21NO2/c1-14(2,13(16)17-5)10-11-6-8-12(9-7-11)15(3)4/h6-9H,10H2,1-5H3. The number of methoxy groups -OCH3 is 1. The molecule has 0 aliphatic heterocycles. The van der Waals surface area contributed by atoms with Crippen LogP contribution in [0.25, 0.3) is 0 Å². The minimum atomic E-state index is -0.478. The van der Waals surface area contributed by atoms with Crippen LogP contribution < -0.4 is 4.90 Å². The number of rotatable bonds is 4. The van der Waals surface area contributed by atoms with E-state index in [0.29, 0.717) is 6.42 Å². The van der Waals surface area contributed by atoms with Crippen molar-refractivity contribution in [3.8, 4) is 0 Å². The minimum absolute atomic E-state index is 0.172. The van der Waals surface area contributed by atoms with Crippen LogP contribution in [0.5, 0.6) is 0 Å². The number of nitrogens with zero attached hydrogens (tertiary/aromatic N) is 1. The molecule has 0 atom stereocenters. The fraction of sp³-hybridized carbons (Fsp3) is 0.500. The predicted octanol–water partition coefficient (Wildman–Crippen LogP) is 2.49. The first-order valence-electron chi connectivity index (χ1n) is 5.71. The largest absolute Gasteiger partial charge is 0.469 e. The molecule has 0 aliphatic carbocycles. The Kier molecular flexibility index (Phi) is 4.16. The normalized spacial score (nSPS) is 11.1. The highest BCUT2D eigenvalue weighted by Crippen LogP contribution is 2.24. The van der Waals surface area contributed by atoms with E-state index in [-0.39, 0.29) is 5.97 Å². The van der Waals surface area contributed by atoms with Crippen LogP contribution in [0, 0.1) is 5.41 Å². The maximum atomic E-state index is 11.6. The number of carbonyl (C=O) groups excluding carboxylic acids is 1. The molecule has 0 aromatic heterocycles. The lowest BCUT2D eigenvalue weighted by molar-refractivity contribution is -0.150.